The minimum absolute atomic E-state index is 0.289. The van der Waals surface area contributed by atoms with E-state index in [4.69, 9.17) is 14.5 Å². The van der Waals surface area contributed by atoms with Crippen LogP contribution in [0.3, 0.4) is 0 Å². The number of aromatic nitrogens is 1. The molecule has 5 N–H and O–H groups in total. The van der Waals surface area contributed by atoms with Crippen LogP contribution in [0.25, 0.3) is 6.20 Å². The number of ether oxygens (including phenoxy) is 1. The van der Waals surface area contributed by atoms with Crippen molar-refractivity contribution in [2.75, 3.05) is 6.61 Å². The highest BCUT2D eigenvalue weighted by Crippen LogP contribution is 2.37. The Morgan fingerprint density at radius 2 is 2.17 bits per heavy atom. The van der Waals surface area contributed by atoms with Gasteiger partial charge in [-0.3, -0.25) is 4.52 Å². The lowest BCUT2D eigenvalue weighted by Crippen LogP contribution is -2.44. The number of fused-ring (bicyclic) bond motifs is 1. The van der Waals surface area contributed by atoms with Crippen LogP contribution < -0.4 is 10.7 Å². The molecule has 0 radical (unpaired) electrons. The molecule has 132 valence electrons. The van der Waals surface area contributed by atoms with Crippen LogP contribution in [0.5, 0.6) is 0 Å². The monoisotopic (exact) mass is 359 g/mol. The number of hydrogen-bond donors (Lipinski definition) is 5. The zero-order chi connectivity index (χ0) is 17.6. The third-order valence-electron chi connectivity index (χ3n) is 3.80. The number of nitrogens with one attached hydrogen (secondary N) is 1. The number of aliphatic hydroxyl groups is 2. The number of aromatic amines is 1. The van der Waals surface area contributed by atoms with E-state index >= 15 is 0 Å². The minimum atomic E-state index is -4.70. The smallest absolute Gasteiger partial charge is 0.387 e. The quantitative estimate of drug-likeness (QED) is 0.389. The zero-order valence-corrected chi connectivity index (χ0v) is 13.6. The van der Waals surface area contributed by atoms with Crippen molar-refractivity contribution in [3.63, 3.8) is 0 Å². The second-order valence-electron chi connectivity index (χ2n) is 5.65. The van der Waals surface area contributed by atoms with E-state index in [9.17, 15) is 14.8 Å². The highest BCUT2D eigenvalue weighted by molar-refractivity contribution is 7.46. The number of aliphatic hydroxyl groups excluding tert-OH is 2. The van der Waals surface area contributed by atoms with Crippen LogP contribution in [0.15, 0.2) is 23.5 Å². The third-order valence-corrected chi connectivity index (χ3v) is 4.28. The van der Waals surface area contributed by atoms with Gasteiger partial charge >= 0.3 is 7.82 Å². The summed E-state index contributed by atoms with van der Waals surface area (Å²) in [7, 11) is -4.70. The first-order chi connectivity index (χ1) is 11.2. The summed E-state index contributed by atoms with van der Waals surface area (Å²) in [5.74, 6) is 0.289. The summed E-state index contributed by atoms with van der Waals surface area (Å²) in [6, 6.07) is 1.85. The van der Waals surface area contributed by atoms with Gasteiger partial charge < -0.3 is 34.6 Å². The lowest BCUT2D eigenvalue weighted by atomic mass is 10.1. The van der Waals surface area contributed by atoms with E-state index < -0.39 is 39.0 Å². The third kappa shape index (κ3) is 3.31. The lowest BCUT2D eigenvalue weighted by Gasteiger charge is -2.29. The van der Waals surface area contributed by atoms with Crippen molar-refractivity contribution in [1.82, 2.24) is 9.88 Å². The molecule has 1 saturated heterocycles. The summed E-state index contributed by atoms with van der Waals surface area (Å²) in [6.45, 7) is 5.10. The van der Waals surface area contributed by atoms with Crippen molar-refractivity contribution in [3.8, 4) is 0 Å². The van der Waals surface area contributed by atoms with Crippen molar-refractivity contribution in [1.29, 1.82) is 0 Å². The maximum Gasteiger partial charge on any atom is 0.469 e. The number of H-pyrrole nitrogens is 1. The number of phosphoric ester groups is 1. The first-order valence-corrected chi connectivity index (χ1v) is 8.64. The van der Waals surface area contributed by atoms with E-state index in [1.54, 1.807) is 6.20 Å². The Balaban J connectivity index is 1.81. The van der Waals surface area contributed by atoms with Crippen molar-refractivity contribution in [3.05, 3.63) is 34.9 Å². The maximum absolute atomic E-state index is 10.8. The molecule has 0 bridgehead atoms. The molecule has 0 saturated carbocycles. The number of hydrogen-bond acceptors (Lipinski definition) is 7. The average molecular weight is 359 g/mol. The normalized spacial score (nSPS) is 30.0. The number of rotatable bonds is 4. The van der Waals surface area contributed by atoms with E-state index in [2.05, 4.69) is 21.1 Å². The fourth-order valence-electron chi connectivity index (χ4n) is 2.69. The van der Waals surface area contributed by atoms with Gasteiger partial charge in [-0.15, -0.1) is 0 Å². The Labute approximate surface area is 136 Å². The van der Waals surface area contributed by atoms with Crippen LogP contribution in [0.1, 0.15) is 5.69 Å². The van der Waals surface area contributed by atoms with Gasteiger partial charge in [0.1, 0.15) is 29.6 Å². The molecule has 0 aliphatic carbocycles. The average Bonchev–Trinajstić information content (AvgIpc) is 2.96. The van der Waals surface area contributed by atoms with Crippen LogP contribution in [0.4, 0.5) is 0 Å². The Morgan fingerprint density at radius 1 is 1.46 bits per heavy atom. The van der Waals surface area contributed by atoms with Gasteiger partial charge in [-0.2, -0.15) is 0 Å². The summed E-state index contributed by atoms with van der Waals surface area (Å²) in [4.78, 5) is 26.3. The first kappa shape index (κ1) is 17.3. The van der Waals surface area contributed by atoms with Crippen molar-refractivity contribution < 1.29 is 33.8 Å². The predicted octanol–water partition coefficient (Wildman–Crippen LogP) is -1.98. The fourth-order valence-corrected chi connectivity index (χ4v) is 3.03. The zero-order valence-electron chi connectivity index (χ0n) is 12.7. The topological polar surface area (TPSA) is 148 Å². The van der Waals surface area contributed by atoms with Gasteiger partial charge in [0, 0.05) is 17.1 Å². The van der Waals surface area contributed by atoms with Gasteiger partial charge in [0.2, 0.25) is 0 Å². The summed E-state index contributed by atoms with van der Waals surface area (Å²) >= 11 is 0. The van der Waals surface area contributed by atoms with Crippen LogP contribution in [-0.4, -0.2) is 61.0 Å². The van der Waals surface area contributed by atoms with Gasteiger partial charge in [0.15, 0.2) is 6.23 Å². The highest BCUT2D eigenvalue weighted by Gasteiger charge is 2.46. The molecule has 1 aromatic rings. The summed E-state index contributed by atoms with van der Waals surface area (Å²) in [5.41, 5.74) is 1.53. The van der Waals surface area contributed by atoms with Crippen LogP contribution >= 0.6 is 7.82 Å². The summed E-state index contributed by atoms with van der Waals surface area (Å²) < 4.78 is 20.6. The van der Waals surface area contributed by atoms with Crippen LogP contribution in [0, 0.1) is 6.92 Å². The van der Waals surface area contributed by atoms with E-state index in [-0.39, 0.29) is 5.82 Å². The molecule has 24 heavy (non-hydrogen) atoms. The predicted molar refractivity (Wildman–Crippen MR) is 80.4 cm³/mol. The van der Waals surface area contributed by atoms with E-state index in [0.717, 1.165) is 10.9 Å². The minimum Gasteiger partial charge on any atom is -0.387 e. The lowest BCUT2D eigenvalue weighted by molar-refractivity contribution is -0.0633. The largest absolute Gasteiger partial charge is 0.469 e. The Kier molecular flexibility index (Phi) is 4.39. The second-order valence-corrected chi connectivity index (χ2v) is 6.89. The van der Waals surface area contributed by atoms with Crippen LogP contribution in [0.2, 0.25) is 0 Å². The standard InChI is InChI=1S/C13H18N3O7P/c1-6-3-8-4-16(7(2)15-12(8)14-6)13-11(18)10(17)9(23-13)5-22-24(19,20)21/h3-4,9-11,13,17-18H,2,5H2,1H3,(H,14,15)(H2,19,20,21)/t9-,10-,11?,13?/m1/s1. The van der Waals surface area contributed by atoms with Gasteiger partial charge in [0.25, 0.3) is 0 Å². The SMILES string of the molecule is C=C1N=c2[nH]c(C)cc2=CN1C1O[C@H](COP(=O)(O)O)[C@@H](O)C1O. The molecule has 1 fully saturated rings. The molecule has 0 amide bonds. The molecule has 2 aliphatic rings. The molecule has 0 aromatic carbocycles. The van der Waals surface area contributed by atoms with Gasteiger partial charge in [-0.25, -0.2) is 9.56 Å². The number of nitrogens with zero attached hydrogens (tertiary/aromatic N) is 2. The molecule has 2 unspecified atom stereocenters. The molecule has 2 aliphatic heterocycles. The molecular formula is C13H18N3O7P. The second kappa shape index (κ2) is 6.08. The highest BCUT2D eigenvalue weighted by atomic mass is 31.2. The number of aryl methyl sites for hydroxylation is 1. The number of phosphoric acid groups is 1. The van der Waals surface area contributed by atoms with E-state index in [1.165, 1.54) is 4.90 Å². The first-order valence-electron chi connectivity index (χ1n) is 7.11. The maximum atomic E-state index is 10.8. The van der Waals surface area contributed by atoms with Crippen molar-refractivity contribution in [2.24, 2.45) is 4.99 Å². The Bertz CT molecular complexity index is 816. The fraction of sp³-hybridized carbons (Fsp3) is 0.462. The molecule has 3 rings (SSSR count). The summed E-state index contributed by atoms with van der Waals surface area (Å²) in [6.07, 6.45) is -3.16. The Morgan fingerprint density at radius 3 is 2.83 bits per heavy atom. The molecule has 0 spiro atoms. The molecule has 3 heterocycles. The molecule has 10 nitrogen and oxygen atoms in total. The molecule has 1 aromatic heterocycles. The molecule has 11 heteroatoms. The van der Waals surface area contributed by atoms with Crippen LogP contribution in [-0.2, 0) is 13.8 Å². The van der Waals surface area contributed by atoms with Gasteiger partial charge in [-0.05, 0) is 13.0 Å². The van der Waals surface area contributed by atoms with Crippen molar-refractivity contribution >= 4 is 14.0 Å². The van der Waals surface area contributed by atoms with Gasteiger partial charge in [-0.1, -0.05) is 6.58 Å². The van der Waals surface area contributed by atoms with Gasteiger partial charge in [0.05, 0.1) is 6.61 Å². The Hall–Kier alpha value is -1.52. The summed E-state index contributed by atoms with van der Waals surface area (Å²) in [5, 5.41) is 21.0. The van der Waals surface area contributed by atoms with Crippen molar-refractivity contribution in [2.45, 2.75) is 31.5 Å². The van der Waals surface area contributed by atoms with E-state index in [0.29, 0.717) is 5.49 Å². The molecular weight excluding hydrogens is 341 g/mol. The molecule has 4 atom stereocenters. The van der Waals surface area contributed by atoms with E-state index in [1.807, 2.05) is 13.0 Å².